The van der Waals surface area contributed by atoms with Crippen molar-refractivity contribution in [2.75, 3.05) is 6.54 Å². The summed E-state index contributed by atoms with van der Waals surface area (Å²) in [6.07, 6.45) is 4.26. The third kappa shape index (κ3) is 3.30. The molecule has 0 heterocycles. The number of aromatic hydroxyl groups is 1. The summed E-state index contributed by atoms with van der Waals surface area (Å²) in [5.74, 6) is -0.353. The lowest BCUT2D eigenvalue weighted by molar-refractivity contribution is 0.112. The number of nitrogens with zero attached hydrogens (tertiary/aromatic N) is 1. The largest absolute Gasteiger partial charge is 0.508 e. The summed E-state index contributed by atoms with van der Waals surface area (Å²) in [7, 11) is 0. The number of phenols is 1. The second-order valence-electron chi connectivity index (χ2n) is 5.78. The number of nitrogens with two attached hydrogens (primary N) is 1. The van der Waals surface area contributed by atoms with Crippen LogP contribution in [0.15, 0.2) is 18.2 Å². The minimum absolute atomic E-state index is 0.0138. The van der Waals surface area contributed by atoms with Crippen LogP contribution in [0.5, 0.6) is 5.75 Å². The first-order chi connectivity index (χ1) is 9.52. The zero-order valence-corrected chi connectivity index (χ0v) is 12.3. The van der Waals surface area contributed by atoms with Gasteiger partial charge in [-0.25, -0.2) is 4.39 Å². The van der Waals surface area contributed by atoms with Gasteiger partial charge in [0.15, 0.2) is 0 Å². The third-order valence-electron chi connectivity index (χ3n) is 4.51. The van der Waals surface area contributed by atoms with Crippen LogP contribution in [0.4, 0.5) is 4.39 Å². The SMILES string of the molecule is CCN(C1CCC(N)CC1)C(C)c1ccc(O)cc1F. The molecule has 1 fully saturated rings. The topological polar surface area (TPSA) is 49.5 Å². The highest BCUT2D eigenvalue weighted by atomic mass is 19.1. The Hall–Kier alpha value is -1.13. The molecule has 0 amide bonds. The maximum absolute atomic E-state index is 14.0. The molecule has 0 saturated heterocycles. The first-order valence-corrected chi connectivity index (χ1v) is 7.52. The molecule has 3 N–H and O–H groups in total. The Bertz CT molecular complexity index is 444. The van der Waals surface area contributed by atoms with Gasteiger partial charge in [-0.2, -0.15) is 0 Å². The fraction of sp³-hybridized carbons (Fsp3) is 0.625. The zero-order valence-electron chi connectivity index (χ0n) is 12.3. The lowest BCUT2D eigenvalue weighted by Gasteiger charge is -2.39. The van der Waals surface area contributed by atoms with E-state index >= 15 is 0 Å². The van der Waals surface area contributed by atoms with Crippen molar-refractivity contribution in [3.8, 4) is 5.75 Å². The van der Waals surface area contributed by atoms with E-state index in [1.165, 1.54) is 6.07 Å². The van der Waals surface area contributed by atoms with Gasteiger partial charge in [0.25, 0.3) is 0 Å². The molecule has 3 nitrogen and oxygen atoms in total. The van der Waals surface area contributed by atoms with Gasteiger partial charge in [0, 0.05) is 29.8 Å². The molecule has 1 aromatic rings. The van der Waals surface area contributed by atoms with Gasteiger partial charge >= 0.3 is 0 Å². The van der Waals surface area contributed by atoms with E-state index in [1.54, 1.807) is 12.1 Å². The Labute approximate surface area is 120 Å². The van der Waals surface area contributed by atoms with Crippen molar-refractivity contribution in [3.05, 3.63) is 29.6 Å². The predicted octanol–water partition coefficient (Wildman–Crippen LogP) is 3.18. The smallest absolute Gasteiger partial charge is 0.131 e. The molecule has 1 unspecified atom stereocenters. The number of hydrogen-bond acceptors (Lipinski definition) is 3. The molecule has 0 aromatic heterocycles. The van der Waals surface area contributed by atoms with Gasteiger partial charge in [0.2, 0.25) is 0 Å². The van der Waals surface area contributed by atoms with Crippen LogP contribution in [-0.2, 0) is 0 Å². The third-order valence-corrected chi connectivity index (χ3v) is 4.51. The molecule has 1 aliphatic rings. The molecule has 1 saturated carbocycles. The molecule has 4 heteroatoms. The van der Waals surface area contributed by atoms with Crippen LogP contribution in [-0.4, -0.2) is 28.6 Å². The first-order valence-electron chi connectivity index (χ1n) is 7.52. The molecule has 112 valence electrons. The molecule has 2 rings (SSSR count). The monoisotopic (exact) mass is 280 g/mol. The number of hydrogen-bond donors (Lipinski definition) is 2. The molecular formula is C16H25FN2O. The first kappa shape index (κ1) is 15.3. The van der Waals surface area contributed by atoms with Crippen molar-refractivity contribution >= 4 is 0 Å². The summed E-state index contributed by atoms with van der Waals surface area (Å²) in [4.78, 5) is 2.35. The maximum Gasteiger partial charge on any atom is 0.131 e. The Kier molecular flexibility index (Phi) is 5.00. The summed E-state index contributed by atoms with van der Waals surface area (Å²) < 4.78 is 14.0. The summed E-state index contributed by atoms with van der Waals surface area (Å²) in [6, 6.07) is 5.25. The Balaban J connectivity index is 2.14. The highest BCUT2D eigenvalue weighted by molar-refractivity contribution is 5.29. The predicted molar refractivity (Wildman–Crippen MR) is 79.1 cm³/mol. The van der Waals surface area contributed by atoms with Gasteiger partial charge in [0.1, 0.15) is 11.6 Å². The van der Waals surface area contributed by atoms with Gasteiger partial charge in [-0.05, 0) is 45.2 Å². The molecule has 1 aromatic carbocycles. The number of benzene rings is 1. The van der Waals surface area contributed by atoms with Gasteiger partial charge in [-0.15, -0.1) is 0 Å². The van der Waals surface area contributed by atoms with Crippen molar-refractivity contribution in [2.24, 2.45) is 5.73 Å². The number of phenolic OH excluding ortho intramolecular Hbond substituents is 1. The number of halogens is 1. The van der Waals surface area contributed by atoms with Crippen molar-refractivity contribution in [1.29, 1.82) is 0 Å². The summed E-state index contributed by atoms with van der Waals surface area (Å²) in [5.41, 5.74) is 6.61. The van der Waals surface area contributed by atoms with Gasteiger partial charge < -0.3 is 10.8 Å². The van der Waals surface area contributed by atoms with E-state index in [2.05, 4.69) is 11.8 Å². The lowest BCUT2D eigenvalue weighted by Crippen LogP contribution is -2.42. The van der Waals surface area contributed by atoms with Gasteiger partial charge in [-0.3, -0.25) is 4.90 Å². The van der Waals surface area contributed by atoms with Crippen LogP contribution in [0.2, 0.25) is 0 Å². The summed E-state index contributed by atoms with van der Waals surface area (Å²) in [5, 5.41) is 9.33. The van der Waals surface area contributed by atoms with Crippen LogP contribution in [0.1, 0.15) is 51.1 Å². The maximum atomic E-state index is 14.0. The molecule has 1 atom stereocenters. The second-order valence-corrected chi connectivity index (χ2v) is 5.78. The second kappa shape index (κ2) is 6.55. The average molecular weight is 280 g/mol. The van der Waals surface area contributed by atoms with Gasteiger partial charge in [0.05, 0.1) is 0 Å². The Morgan fingerprint density at radius 3 is 2.55 bits per heavy atom. The molecular weight excluding hydrogens is 255 g/mol. The van der Waals surface area contributed by atoms with E-state index in [9.17, 15) is 9.50 Å². The van der Waals surface area contributed by atoms with Crippen molar-refractivity contribution in [1.82, 2.24) is 4.90 Å². The van der Waals surface area contributed by atoms with Crippen LogP contribution >= 0.6 is 0 Å². The minimum Gasteiger partial charge on any atom is -0.508 e. The van der Waals surface area contributed by atoms with Crippen molar-refractivity contribution in [3.63, 3.8) is 0 Å². The lowest BCUT2D eigenvalue weighted by atomic mass is 9.89. The minimum atomic E-state index is -0.330. The fourth-order valence-corrected chi connectivity index (χ4v) is 3.32. The van der Waals surface area contributed by atoms with Crippen molar-refractivity contribution in [2.45, 2.75) is 57.7 Å². The zero-order chi connectivity index (χ0) is 14.7. The van der Waals surface area contributed by atoms with E-state index < -0.39 is 0 Å². The molecule has 0 bridgehead atoms. The van der Waals surface area contributed by atoms with Crippen LogP contribution in [0, 0.1) is 5.82 Å². The van der Waals surface area contributed by atoms with Crippen LogP contribution in [0.25, 0.3) is 0 Å². The summed E-state index contributed by atoms with van der Waals surface area (Å²) >= 11 is 0. The Morgan fingerprint density at radius 2 is 2.00 bits per heavy atom. The van der Waals surface area contributed by atoms with E-state index in [0.717, 1.165) is 32.2 Å². The average Bonchev–Trinajstić information content (AvgIpc) is 2.41. The molecule has 0 spiro atoms. The standard InChI is InChI=1S/C16H25FN2O/c1-3-19(13-6-4-12(18)5-7-13)11(2)15-9-8-14(20)10-16(15)17/h8-13,20H,3-7,18H2,1-2H3. The summed E-state index contributed by atoms with van der Waals surface area (Å²) in [6.45, 7) is 5.04. The van der Waals surface area contributed by atoms with Gasteiger partial charge in [-0.1, -0.05) is 13.0 Å². The fourth-order valence-electron chi connectivity index (χ4n) is 3.32. The highest BCUT2D eigenvalue weighted by Gasteiger charge is 2.28. The van der Waals surface area contributed by atoms with E-state index in [0.29, 0.717) is 17.6 Å². The molecule has 20 heavy (non-hydrogen) atoms. The normalized spacial score (nSPS) is 24.9. The van der Waals surface area contributed by atoms with Crippen LogP contribution < -0.4 is 5.73 Å². The van der Waals surface area contributed by atoms with E-state index in [4.69, 9.17) is 5.73 Å². The van der Waals surface area contributed by atoms with Crippen molar-refractivity contribution < 1.29 is 9.50 Å². The molecule has 0 aliphatic heterocycles. The van der Waals surface area contributed by atoms with E-state index in [1.807, 2.05) is 6.92 Å². The number of rotatable bonds is 4. The quantitative estimate of drug-likeness (QED) is 0.890. The molecule has 1 aliphatic carbocycles. The highest BCUT2D eigenvalue weighted by Crippen LogP contribution is 2.31. The molecule has 0 radical (unpaired) electrons. The Morgan fingerprint density at radius 1 is 1.35 bits per heavy atom. The van der Waals surface area contributed by atoms with Crippen LogP contribution in [0.3, 0.4) is 0 Å². The van der Waals surface area contributed by atoms with E-state index in [-0.39, 0.29) is 17.6 Å².